The molecule has 138 valence electrons. The van der Waals surface area contributed by atoms with Gasteiger partial charge in [0.25, 0.3) is 0 Å². The van der Waals surface area contributed by atoms with Crippen LogP contribution in [0.25, 0.3) is 11.1 Å². The van der Waals surface area contributed by atoms with Crippen LogP contribution in [0.15, 0.2) is 48.8 Å². The van der Waals surface area contributed by atoms with Gasteiger partial charge in [-0.3, -0.25) is 9.78 Å². The van der Waals surface area contributed by atoms with Crippen molar-refractivity contribution in [3.63, 3.8) is 0 Å². The fourth-order valence-electron chi connectivity index (χ4n) is 2.25. The molecular formula is C18H25Cl2N3O2. The molecular weight excluding hydrogens is 361 g/mol. The number of pyridine rings is 1. The second-order valence-electron chi connectivity index (χ2n) is 5.32. The molecule has 0 aliphatic rings. The van der Waals surface area contributed by atoms with E-state index in [0.29, 0.717) is 19.7 Å². The molecule has 1 aromatic heterocycles. The zero-order chi connectivity index (χ0) is 16.5. The van der Waals surface area contributed by atoms with Crippen LogP contribution in [0, 0.1) is 0 Å². The lowest BCUT2D eigenvalue weighted by molar-refractivity contribution is -0.120. The number of ether oxygens (including phenoxy) is 1. The van der Waals surface area contributed by atoms with Crippen LogP contribution in [0.5, 0.6) is 0 Å². The SMILES string of the molecule is COCCNCC(=O)NC(C)c1ccc(-c2cccnc2)cc1.Cl.Cl. The van der Waals surface area contributed by atoms with E-state index in [1.165, 1.54) is 0 Å². The van der Waals surface area contributed by atoms with Gasteiger partial charge in [-0.2, -0.15) is 0 Å². The third-order valence-corrected chi connectivity index (χ3v) is 3.55. The number of halogens is 2. The quantitative estimate of drug-likeness (QED) is 0.685. The monoisotopic (exact) mass is 385 g/mol. The molecule has 0 radical (unpaired) electrons. The first-order valence-electron chi connectivity index (χ1n) is 7.70. The van der Waals surface area contributed by atoms with Crippen molar-refractivity contribution in [2.24, 2.45) is 0 Å². The van der Waals surface area contributed by atoms with E-state index in [1.807, 2.05) is 49.5 Å². The highest BCUT2D eigenvalue weighted by Gasteiger charge is 2.09. The molecule has 1 unspecified atom stereocenters. The molecule has 0 bridgehead atoms. The summed E-state index contributed by atoms with van der Waals surface area (Å²) in [7, 11) is 1.64. The van der Waals surface area contributed by atoms with Gasteiger partial charge in [-0.1, -0.05) is 30.3 Å². The number of rotatable bonds is 8. The van der Waals surface area contributed by atoms with Crippen molar-refractivity contribution in [1.29, 1.82) is 0 Å². The Hall–Kier alpha value is -1.66. The predicted molar refractivity (Wildman–Crippen MR) is 105 cm³/mol. The molecule has 0 saturated heterocycles. The molecule has 25 heavy (non-hydrogen) atoms. The van der Waals surface area contributed by atoms with Gasteiger partial charge in [-0.25, -0.2) is 0 Å². The highest BCUT2D eigenvalue weighted by molar-refractivity contribution is 5.85. The van der Waals surface area contributed by atoms with Gasteiger partial charge < -0.3 is 15.4 Å². The summed E-state index contributed by atoms with van der Waals surface area (Å²) in [4.78, 5) is 16.0. The fourth-order valence-corrected chi connectivity index (χ4v) is 2.25. The lowest BCUT2D eigenvalue weighted by Gasteiger charge is -2.15. The molecule has 0 spiro atoms. The highest BCUT2D eigenvalue weighted by Crippen LogP contribution is 2.21. The summed E-state index contributed by atoms with van der Waals surface area (Å²) in [5, 5.41) is 6.01. The topological polar surface area (TPSA) is 63.2 Å². The van der Waals surface area contributed by atoms with E-state index in [2.05, 4.69) is 15.6 Å². The lowest BCUT2D eigenvalue weighted by Crippen LogP contribution is -2.36. The largest absolute Gasteiger partial charge is 0.383 e. The predicted octanol–water partition coefficient (Wildman–Crippen LogP) is 3.01. The fraction of sp³-hybridized carbons (Fsp3) is 0.333. The number of methoxy groups -OCH3 is 1. The summed E-state index contributed by atoms with van der Waals surface area (Å²) in [6, 6.07) is 12.1. The first-order valence-corrected chi connectivity index (χ1v) is 7.70. The minimum Gasteiger partial charge on any atom is -0.383 e. The van der Waals surface area contributed by atoms with Crippen molar-refractivity contribution in [2.75, 3.05) is 26.8 Å². The number of nitrogens with one attached hydrogen (secondary N) is 2. The Kier molecular flexibility index (Phi) is 11.8. The van der Waals surface area contributed by atoms with Crippen LogP contribution in [0.1, 0.15) is 18.5 Å². The van der Waals surface area contributed by atoms with E-state index in [4.69, 9.17) is 4.74 Å². The van der Waals surface area contributed by atoms with Gasteiger partial charge in [0.05, 0.1) is 19.2 Å². The minimum absolute atomic E-state index is 0. The number of carbonyl (C=O) groups excluding carboxylic acids is 1. The maximum atomic E-state index is 11.9. The molecule has 2 aromatic rings. The highest BCUT2D eigenvalue weighted by atomic mass is 35.5. The van der Waals surface area contributed by atoms with Crippen LogP contribution in [-0.2, 0) is 9.53 Å². The average molecular weight is 386 g/mol. The third kappa shape index (κ3) is 7.84. The molecule has 1 amide bonds. The zero-order valence-electron chi connectivity index (χ0n) is 14.4. The average Bonchev–Trinajstić information content (AvgIpc) is 2.59. The number of benzene rings is 1. The Morgan fingerprint density at radius 3 is 2.48 bits per heavy atom. The summed E-state index contributed by atoms with van der Waals surface area (Å²) in [5.74, 6) is -0.0232. The Morgan fingerprint density at radius 1 is 1.16 bits per heavy atom. The van der Waals surface area contributed by atoms with Crippen LogP contribution in [-0.4, -0.2) is 37.7 Å². The summed E-state index contributed by atoms with van der Waals surface area (Å²) >= 11 is 0. The van der Waals surface area contributed by atoms with E-state index in [1.54, 1.807) is 13.3 Å². The Balaban J connectivity index is 0.00000288. The molecule has 0 fully saturated rings. The van der Waals surface area contributed by atoms with Crippen LogP contribution < -0.4 is 10.6 Å². The molecule has 1 atom stereocenters. The second-order valence-corrected chi connectivity index (χ2v) is 5.32. The first kappa shape index (κ1) is 23.3. The molecule has 0 aliphatic heterocycles. The van der Waals surface area contributed by atoms with Crippen molar-refractivity contribution in [3.05, 3.63) is 54.4 Å². The molecule has 2 N–H and O–H groups in total. The van der Waals surface area contributed by atoms with Crippen LogP contribution in [0.4, 0.5) is 0 Å². The van der Waals surface area contributed by atoms with Crippen molar-refractivity contribution in [1.82, 2.24) is 15.6 Å². The number of hydrogen-bond acceptors (Lipinski definition) is 4. The van der Waals surface area contributed by atoms with Gasteiger partial charge in [-0.05, 0) is 29.7 Å². The van der Waals surface area contributed by atoms with Gasteiger partial charge in [0.1, 0.15) is 0 Å². The van der Waals surface area contributed by atoms with Gasteiger partial charge in [0.2, 0.25) is 5.91 Å². The van der Waals surface area contributed by atoms with E-state index < -0.39 is 0 Å². The van der Waals surface area contributed by atoms with Crippen LogP contribution >= 0.6 is 24.8 Å². The van der Waals surface area contributed by atoms with E-state index in [-0.39, 0.29) is 36.8 Å². The van der Waals surface area contributed by atoms with Gasteiger partial charge in [0, 0.05) is 26.0 Å². The zero-order valence-corrected chi connectivity index (χ0v) is 16.0. The van der Waals surface area contributed by atoms with E-state index in [9.17, 15) is 4.79 Å². The van der Waals surface area contributed by atoms with Crippen LogP contribution in [0.3, 0.4) is 0 Å². The number of amides is 1. The maximum absolute atomic E-state index is 11.9. The third-order valence-electron chi connectivity index (χ3n) is 3.55. The smallest absolute Gasteiger partial charge is 0.234 e. The Labute approximate surface area is 161 Å². The number of carbonyl (C=O) groups is 1. The van der Waals surface area contributed by atoms with Crippen LogP contribution in [0.2, 0.25) is 0 Å². The molecule has 1 aromatic carbocycles. The summed E-state index contributed by atoms with van der Waals surface area (Å²) in [6.07, 6.45) is 3.60. The standard InChI is InChI=1S/C18H23N3O2.2ClH/c1-14(21-18(22)13-20-10-11-23-2)15-5-7-16(8-6-15)17-4-3-9-19-12-17;;/h3-9,12,14,20H,10-11,13H2,1-2H3,(H,21,22);2*1H. The second kappa shape index (κ2) is 12.7. The van der Waals surface area contributed by atoms with Gasteiger partial charge in [-0.15, -0.1) is 24.8 Å². The number of hydrogen-bond donors (Lipinski definition) is 2. The van der Waals surface area contributed by atoms with Gasteiger partial charge in [0.15, 0.2) is 0 Å². The Bertz CT molecular complexity index is 609. The molecule has 1 heterocycles. The Morgan fingerprint density at radius 2 is 1.88 bits per heavy atom. The molecule has 0 aliphatic carbocycles. The number of aromatic nitrogens is 1. The summed E-state index contributed by atoms with van der Waals surface area (Å²) in [5.41, 5.74) is 3.27. The van der Waals surface area contributed by atoms with E-state index in [0.717, 1.165) is 16.7 Å². The minimum atomic E-state index is -0.0327. The van der Waals surface area contributed by atoms with Crippen molar-refractivity contribution >= 4 is 30.7 Å². The van der Waals surface area contributed by atoms with Crippen molar-refractivity contribution in [2.45, 2.75) is 13.0 Å². The van der Waals surface area contributed by atoms with Crippen molar-refractivity contribution in [3.8, 4) is 11.1 Å². The summed E-state index contributed by atoms with van der Waals surface area (Å²) in [6.45, 7) is 3.53. The number of nitrogens with zero attached hydrogens (tertiary/aromatic N) is 1. The lowest BCUT2D eigenvalue weighted by atomic mass is 10.0. The first-order chi connectivity index (χ1) is 11.2. The van der Waals surface area contributed by atoms with Crippen molar-refractivity contribution < 1.29 is 9.53 Å². The molecule has 7 heteroatoms. The van der Waals surface area contributed by atoms with Gasteiger partial charge >= 0.3 is 0 Å². The molecule has 2 rings (SSSR count). The van der Waals surface area contributed by atoms with E-state index >= 15 is 0 Å². The maximum Gasteiger partial charge on any atom is 0.234 e. The molecule has 5 nitrogen and oxygen atoms in total. The summed E-state index contributed by atoms with van der Waals surface area (Å²) < 4.78 is 4.92. The molecule has 0 saturated carbocycles. The normalized spacial score (nSPS) is 11.0.